The van der Waals surface area contributed by atoms with Crippen LogP contribution in [0.3, 0.4) is 0 Å². The molecule has 0 bridgehead atoms. The predicted molar refractivity (Wildman–Crippen MR) is 131 cm³/mol. The molecule has 31 heavy (non-hydrogen) atoms. The Balaban J connectivity index is 1.60. The van der Waals surface area contributed by atoms with E-state index in [-0.39, 0.29) is 5.91 Å². The molecule has 1 heterocycles. The molecule has 0 saturated heterocycles. The zero-order valence-corrected chi connectivity index (χ0v) is 19.2. The molecule has 0 aliphatic heterocycles. The van der Waals surface area contributed by atoms with Crippen LogP contribution in [0.5, 0.6) is 0 Å². The van der Waals surface area contributed by atoms with Crippen LogP contribution in [0, 0.1) is 0 Å². The van der Waals surface area contributed by atoms with E-state index in [0.29, 0.717) is 22.3 Å². The summed E-state index contributed by atoms with van der Waals surface area (Å²) in [5.74, 6) is -0.0525. The van der Waals surface area contributed by atoms with Crippen molar-refractivity contribution in [2.24, 2.45) is 0 Å². The zero-order chi connectivity index (χ0) is 21.8. The molecule has 3 aromatic carbocycles. The Morgan fingerprint density at radius 2 is 1.61 bits per heavy atom. The number of likely N-dealkylation sites (N-methyl/N-ethyl adjacent to an activating group) is 1. The molecule has 0 unspecified atom stereocenters. The van der Waals surface area contributed by atoms with E-state index >= 15 is 0 Å². The van der Waals surface area contributed by atoms with E-state index < -0.39 is 0 Å². The summed E-state index contributed by atoms with van der Waals surface area (Å²) in [6.45, 7) is 1.29. The van der Waals surface area contributed by atoms with Crippen molar-refractivity contribution >= 4 is 44.2 Å². The van der Waals surface area contributed by atoms with Crippen LogP contribution in [0.15, 0.2) is 72.8 Å². The molecular weight excluding hydrogens is 426 g/mol. The average molecular weight is 450 g/mol. The largest absolute Gasteiger partial charge is 0.308 e. The van der Waals surface area contributed by atoms with Crippen LogP contribution >= 0.6 is 22.9 Å². The highest BCUT2D eigenvalue weighted by molar-refractivity contribution is 7.22. The number of halogens is 1. The Kier molecular flexibility index (Phi) is 6.66. The Morgan fingerprint density at radius 1 is 0.903 bits per heavy atom. The van der Waals surface area contributed by atoms with E-state index in [0.717, 1.165) is 23.2 Å². The Bertz CT molecular complexity index is 1170. The van der Waals surface area contributed by atoms with Gasteiger partial charge in [0.1, 0.15) is 5.52 Å². The monoisotopic (exact) mass is 449 g/mol. The number of amides is 1. The molecule has 0 radical (unpaired) electrons. The lowest BCUT2D eigenvalue weighted by Crippen LogP contribution is -2.36. The molecule has 0 spiro atoms. The SMILES string of the molecule is CN(C)CCN(C(=O)c1ccc(Cc2ccccc2)cc1)c1nc2c(Cl)cccc2s1. The van der Waals surface area contributed by atoms with Gasteiger partial charge in [0.2, 0.25) is 0 Å². The van der Waals surface area contributed by atoms with E-state index in [1.165, 1.54) is 22.5 Å². The van der Waals surface area contributed by atoms with Gasteiger partial charge < -0.3 is 4.90 Å². The van der Waals surface area contributed by atoms with E-state index in [1.54, 1.807) is 4.90 Å². The van der Waals surface area contributed by atoms with E-state index in [2.05, 4.69) is 22.0 Å². The minimum atomic E-state index is -0.0525. The third-order valence-electron chi connectivity index (χ3n) is 5.06. The average Bonchev–Trinajstić information content (AvgIpc) is 3.20. The molecule has 0 atom stereocenters. The normalized spacial score (nSPS) is 11.2. The number of nitrogens with zero attached hydrogens (tertiary/aromatic N) is 3. The first-order valence-corrected chi connectivity index (χ1v) is 11.4. The second-order valence-corrected chi connectivity index (χ2v) is 9.12. The summed E-state index contributed by atoms with van der Waals surface area (Å²) in [7, 11) is 3.99. The molecule has 158 valence electrons. The first-order valence-electron chi connectivity index (χ1n) is 10.2. The van der Waals surface area contributed by atoms with Crippen LogP contribution in [0.1, 0.15) is 21.5 Å². The van der Waals surface area contributed by atoms with Gasteiger partial charge in [0.05, 0.1) is 9.72 Å². The van der Waals surface area contributed by atoms with Crippen molar-refractivity contribution < 1.29 is 4.79 Å². The number of hydrogen-bond acceptors (Lipinski definition) is 4. The number of rotatable bonds is 7. The van der Waals surface area contributed by atoms with Crippen LogP contribution in [0.25, 0.3) is 10.2 Å². The number of anilines is 1. The number of hydrogen-bond donors (Lipinski definition) is 0. The summed E-state index contributed by atoms with van der Waals surface area (Å²) < 4.78 is 0.975. The Labute approximate surface area is 191 Å². The Morgan fingerprint density at radius 3 is 2.29 bits per heavy atom. The topological polar surface area (TPSA) is 36.4 Å². The molecule has 0 aliphatic rings. The first-order chi connectivity index (χ1) is 15.0. The highest BCUT2D eigenvalue weighted by Crippen LogP contribution is 2.33. The van der Waals surface area contributed by atoms with Crippen molar-refractivity contribution in [2.75, 3.05) is 32.1 Å². The Hall–Kier alpha value is -2.73. The van der Waals surface area contributed by atoms with Gasteiger partial charge in [-0.05, 0) is 55.9 Å². The van der Waals surface area contributed by atoms with Crippen molar-refractivity contribution in [1.82, 2.24) is 9.88 Å². The van der Waals surface area contributed by atoms with Gasteiger partial charge in [0.15, 0.2) is 5.13 Å². The van der Waals surface area contributed by atoms with E-state index in [9.17, 15) is 4.79 Å². The van der Waals surface area contributed by atoms with Crippen LogP contribution in [0.2, 0.25) is 5.02 Å². The lowest BCUT2D eigenvalue weighted by molar-refractivity contribution is 0.0985. The lowest BCUT2D eigenvalue weighted by Gasteiger charge is -2.22. The van der Waals surface area contributed by atoms with E-state index in [1.807, 2.05) is 74.8 Å². The van der Waals surface area contributed by atoms with Gasteiger partial charge in [-0.15, -0.1) is 0 Å². The third kappa shape index (κ3) is 5.13. The van der Waals surface area contributed by atoms with Crippen molar-refractivity contribution in [1.29, 1.82) is 0 Å². The molecule has 4 aromatic rings. The number of thiazole rings is 1. The van der Waals surface area contributed by atoms with Crippen LogP contribution in [0.4, 0.5) is 5.13 Å². The number of fused-ring (bicyclic) bond motifs is 1. The molecule has 1 aromatic heterocycles. The van der Waals surface area contributed by atoms with Gasteiger partial charge in [-0.2, -0.15) is 0 Å². The smallest absolute Gasteiger partial charge is 0.260 e. The van der Waals surface area contributed by atoms with Gasteiger partial charge in [-0.25, -0.2) is 4.98 Å². The predicted octanol–water partition coefficient (Wildman–Crippen LogP) is 5.75. The van der Waals surface area contributed by atoms with Crippen LogP contribution in [-0.4, -0.2) is 43.0 Å². The first kappa shape index (κ1) is 21.5. The molecule has 1 amide bonds. The fourth-order valence-corrected chi connectivity index (χ4v) is 4.65. The second-order valence-electron chi connectivity index (χ2n) is 7.70. The van der Waals surface area contributed by atoms with Gasteiger partial charge >= 0.3 is 0 Å². The lowest BCUT2D eigenvalue weighted by atomic mass is 10.0. The van der Waals surface area contributed by atoms with Gasteiger partial charge in [0, 0.05) is 18.7 Å². The highest BCUT2D eigenvalue weighted by atomic mass is 35.5. The summed E-state index contributed by atoms with van der Waals surface area (Å²) in [6, 6.07) is 23.9. The van der Waals surface area contributed by atoms with Crippen LogP contribution in [-0.2, 0) is 6.42 Å². The number of benzene rings is 3. The molecule has 0 N–H and O–H groups in total. The quantitative estimate of drug-likeness (QED) is 0.360. The van der Waals surface area contributed by atoms with Gasteiger partial charge in [0.25, 0.3) is 5.91 Å². The summed E-state index contributed by atoms with van der Waals surface area (Å²) in [5, 5.41) is 1.27. The van der Waals surface area contributed by atoms with Crippen molar-refractivity contribution in [3.05, 3.63) is 94.5 Å². The fourth-order valence-electron chi connectivity index (χ4n) is 3.36. The molecule has 4 nitrogen and oxygen atoms in total. The molecule has 0 fully saturated rings. The maximum Gasteiger partial charge on any atom is 0.260 e. The molecule has 4 rings (SSSR count). The van der Waals surface area contributed by atoms with Gasteiger partial charge in [-0.1, -0.05) is 71.5 Å². The molecule has 0 saturated carbocycles. The minimum Gasteiger partial charge on any atom is -0.308 e. The van der Waals surface area contributed by atoms with E-state index in [4.69, 9.17) is 11.6 Å². The van der Waals surface area contributed by atoms with Crippen molar-refractivity contribution in [3.63, 3.8) is 0 Å². The summed E-state index contributed by atoms with van der Waals surface area (Å²) in [4.78, 5) is 21.9. The summed E-state index contributed by atoms with van der Waals surface area (Å²) in [5.41, 5.74) is 3.82. The standard InChI is InChI=1S/C25H24ClN3OS/c1-28(2)15-16-29(25-27-23-21(26)9-6-10-22(23)31-25)24(30)20-13-11-19(12-14-20)17-18-7-4-3-5-8-18/h3-14H,15-17H2,1-2H3. The van der Waals surface area contributed by atoms with Crippen LogP contribution < -0.4 is 4.90 Å². The van der Waals surface area contributed by atoms with Crippen molar-refractivity contribution in [3.8, 4) is 0 Å². The van der Waals surface area contributed by atoms with Crippen molar-refractivity contribution in [2.45, 2.75) is 6.42 Å². The molecule has 6 heteroatoms. The second kappa shape index (κ2) is 9.60. The maximum atomic E-state index is 13.4. The zero-order valence-electron chi connectivity index (χ0n) is 17.6. The van der Waals surface area contributed by atoms with Gasteiger partial charge in [-0.3, -0.25) is 9.69 Å². The molecule has 0 aliphatic carbocycles. The highest BCUT2D eigenvalue weighted by Gasteiger charge is 2.22. The number of carbonyl (C=O) groups is 1. The fraction of sp³-hybridized carbons (Fsp3) is 0.200. The summed E-state index contributed by atoms with van der Waals surface area (Å²) in [6.07, 6.45) is 0.843. The summed E-state index contributed by atoms with van der Waals surface area (Å²) >= 11 is 7.81. The number of aromatic nitrogens is 1. The minimum absolute atomic E-state index is 0.0525. The maximum absolute atomic E-state index is 13.4. The number of carbonyl (C=O) groups excluding carboxylic acids is 1. The number of para-hydroxylation sites is 1. The molecular formula is C25H24ClN3OS. The third-order valence-corrected chi connectivity index (χ3v) is 6.41.